The molecule has 3 nitrogen and oxygen atoms in total. The second-order valence-corrected chi connectivity index (χ2v) is 5.67. The van der Waals surface area contributed by atoms with Crippen LogP contribution in [0.4, 0.5) is 0 Å². The quantitative estimate of drug-likeness (QED) is 0.757. The minimum Gasteiger partial charge on any atom is -0.454 e. The van der Waals surface area contributed by atoms with Gasteiger partial charge in [0.25, 0.3) is 0 Å². The van der Waals surface area contributed by atoms with E-state index in [-0.39, 0.29) is 0 Å². The fraction of sp³-hybridized carbons (Fsp3) is 0.267. The van der Waals surface area contributed by atoms with Crippen LogP contribution in [-0.2, 0) is 6.54 Å². The first-order chi connectivity index (χ1) is 9.70. The summed E-state index contributed by atoms with van der Waals surface area (Å²) < 4.78 is 6.76. The van der Waals surface area contributed by atoms with Crippen LogP contribution in [0.15, 0.2) is 41.1 Å². The number of nitrogens with one attached hydrogen (secondary N) is 1. The van der Waals surface area contributed by atoms with E-state index in [0.717, 1.165) is 29.5 Å². The van der Waals surface area contributed by atoms with Crippen molar-refractivity contribution >= 4 is 27.5 Å². The lowest BCUT2D eigenvalue weighted by molar-refractivity contribution is 0.470. The predicted octanol–water partition coefficient (Wildman–Crippen LogP) is 4.79. The summed E-state index contributed by atoms with van der Waals surface area (Å²) in [6.45, 7) is 3.82. The number of benzene rings is 1. The molecule has 1 N–H and O–H groups in total. The molecule has 0 spiro atoms. The van der Waals surface area contributed by atoms with Gasteiger partial charge in [-0.3, -0.25) is 4.98 Å². The lowest BCUT2D eigenvalue weighted by Gasteiger charge is -2.13. The van der Waals surface area contributed by atoms with Crippen LogP contribution in [0.1, 0.15) is 18.9 Å². The molecule has 0 unspecified atom stereocenters. The zero-order valence-electron chi connectivity index (χ0n) is 11.2. The Balaban J connectivity index is 2.21. The van der Waals surface area contributed by atoms with E-state index >= 15 is 0 Å². The molecule has 1 heterocycles. The van der Waals surface area contributed by atoms with Gasteiger partial charge in [0, 0.05) is 22.8 Å². The Bertz CT molecular complexity index is 578. The second kappa shape index (κ2) is 7.62. The molecule has 0 radical (unpaired) electrons. The summed E-state index contributed by atoms with van der Waals surface area (Å²) in [6, 6.07) is 7.62. The molecule has 106 valence electrons. The molecule has 0 aliphatic rings. The van der Waals surface area contributed by atoms with Gasteiger partial charge >= 0.3 is 0 Å². The Labute approximate surface area is 132 Å². The third-order valence-electron chi connectivity index (χ3n) is 2.69. The SMILES string of the molecule is CCCNCc1cccc(Cl)c1Oc1cncc(Br)c1. The lowest BCUT2D eigenvalue weighted by atomic mass is 10.2. The smallest absolute Gasteiger partial charge is 0.150 e. The average Bonchev–Trinajstić information content (AvgIpc) is 2.43. The zero-order chi connectivity index (χ0) is 14.4. The number of pyridine rings is 1. The largest absolute Gasteiger partial charge is 0.454 e. The topological polar surface area (TPSA) is 34.1 Å². The first kappa shape index (κ1) is 15.3. The molecule has 0 amide bonds. The van der Waals surface area contributed by atoms with E-state index < -0.39 is 0 Å². The molecule has 0 fully saturated rings. The van der Waals surface area contributed by atoms with Crippen LogP contribution in [0.3, 0.4) is 0 Å². The van der Waals surface area contributed by atoms with E-state index in [9.17, 15) is 0 Å². The molecule has 5 heteroatoms. The molecule has 2 aromatic rings. The normalized spacial score (nSPS) is 10.6. The van der Waals surface area contributed by atoms with Crippen molar-refractivity contribution in [2.45, 2.75) is 19.9 Å². The fourth-order valence-corrected chi connectivity index (χ4v) is 2.35. The van der Waals surface area contributed by atoms with Crippen molar-refractivity contribution < 1.29 is 4.74 Å². The Hall–Kier alpha value is -1.10. The van der Waals surface area contributed by atoms with Gasteiger partial charge in [0.05, 0.1) is 11.2 Å². The fourth-order valence-electron chi connectivity index (χ4n) is 1.77. The second-order valence-electron chi connectivity index (χ2n) is 4.35. The molecular weight excluding hydrogens is 340 g/mol. The summed E-state index contributed by atoms with van der Waals surface area (Å²) in [6.07, 6.45) is 4.47. The van der Waals surface area contributed by atoms with Gasteiger partial charge < -0.3 is 10.1 Å². The number of rotatable bonds is 6. The third-order valence-corrected chi connectivity index (χ3v) is 3.42. The van der Waals surface area contributed by atoms with E-state index in [4.69, 9.17) is 16.3 Å². The molecule has 20 heavy (non-hydrogen) atoms. The predicted molar refractivity (Wildman–Crippen MR) is 85.5 cm³/mol. The molecule has 1 aromatic carbocycles. The highest BCUT2D eigenvalue weighted by Gasteiger charge is 2.10. The summed E-state index contributed by atoms with van der Waals surface area (Å²) in [7, 11) is 0. The Morgan fingerprint density at radius 2 is 2.20 bits per heavy atom. The molecule has 0 aliphatic heterocycles. The minimum absolute atomic E-state index is 0.598. The van der Waals surface area contributed by atoms with Crippen molar-refractivity contribution in [2.75, 3.05) is 6.54 Å². The van der Waals surface area contributed by atoms with Crippen molar-refractivity contribution in [3.8, 4) is 11.5 Å². The molecule has 2 rings (SSSR count). The molecular formula is C15H16BrClN2O. The van der Waals surface area contributed by atoms with E-state index in [1.807, 2.05) is 24.3 Å². The Kier molecular flexibility index (Phi) is 5.83. The summed E-state index contributed by atoms with van der Waals surface area (Å²) in [5, 5.41) is 3.95. The molecule has 0 aliphatic carbocycles. The van der Waals surface area contributed by atoms with Crippen molar-refractivity contribution in [1.29, 1.82) is 0 Å². The third kappa shape index (κ3) is 4.20. The number of para-hydroxylation sites is 1. The van der Waals surface area contributed by atoms with Crippen LogP contribution in [0.25, 0.3) is 0 Å². The maximum absolute atomic E-state index is 6.25. The maximum atomic E-state index is 6.25. The minimum atomic E-state index is 0.598. The highest BCUT2D eigenvalue weighted by atomic mass is 79.9. The number of halogens is 2. The molecule has 0 saturated heterocycles. The number of hydrogen-bond acceptors (Lipinski definition) is 3. The first-order valence-electron chi connectivity index (χ1n) is 6.47. The van der Waals surface area contributed by atoms with E-state index in [1.54, 1.807) is 12.4 Å². The van der Waals surface area contributed by atoms with Gasteiger partial charge in [0.1, 0.15) is 5.75 Å². The van der Waals surface area contributed by atoms with Gasteiger partial charge in [0.2, 0.25) is 0 Å². The summed E-state index contributed by atoms with van der Waals surface area (Å²) in [4.78, 5) is 4.08. The number of ether oxygens (including phenoxy) is 1. The van der Waals surface area contributed by atoms with Crippen molar-refractivity contribution in [2.24, 2.45) is 0 Å². The summed E-state index contributed by atoms with van der Waals surface area (Å²) >= 11 is 9.62. The van der Waals surface area contributed by atoms with E-state index in [1.165, 1.54) is 0 Å². The molecule has 0 bridgehead atoms. The monoisotopic (exact) mass is 354 g/mol. The van der Waals surface area contributed by atoms with Crippen LogP contribution >= 0.6 is 27.5 Å². The molecule has 1 aromatic heterocycles. The van der Waals surface area contributed by atoms with E-state index in [2.05, 4.69) is 33.2 Å². The standard InChI is InChI=1S/C15H16BrClN2O/c1-2-6-18-8-11-4-3-5-14(17)15(11)20-13-7-12(16)9-19-10-13/h3-5,7,9-10,18H,2,6,8H2,1H3. The highest BCUT2D eigenvalue weighted by molar-refractivity contribution is 9.10. The van der Waals surface area contributed by atoms with E-state index in [0.29, 0.717) is 16.5 Å². The highest BCUT2D eigenvalue weighted by Crippen LogP contribution is 2.33. The average molecular weight is 356 g/mol. The first-order valence-corrected chi connectivity index (χ1v) is 7.64. The number of aromatic nitrogens is 1. The summed E-state index contributed by atoms with van der Waals surface area (Å²) in [5.74, 6) is 1.34. The van der Waals surface area contributed by atoms with Gasteiger partial charge in [-0.2, -0.15) is 0 Å². The molecule has 0 atom stereocenters. The van der Waals surface area contributed by atoms with Gasteiger partial charge in [-0.25, -0.2) is 0 Å². The van der Waals surface area contributed by atoms with Gasteiger partial charge in [0.15, 0.2) is 5.75 Å². The van der Waals surface area contributed by atoms with Crippen LogP contribution in [0.5, 0.6) is 11.5 Å². The molecule has 0 saturated carbocycles. The number of hydrogen-bond donors (Lipinski definition) is 1. The zero-order valence-corrected chi connectivity index (χ0v) is 13.5. The van der Waals surface area contributed by atoms with Gasteiger partial charge in [-0.15, -0.1) is 0 Å². The maximum Gasteiger partial charge on any atom is 0.150 e. The van der Waals surface area contributed by atoms with Crippen molar-refractivity contribution in [3.05, 3.63) is 51.7 Å². The van der Waals surface area contributed by atoms with Gasteiger partial charge in [-0.1, -0.05) is 30.7 Å². The van der Waals surface area contributed by atoms with Gasteiger partial charge in [-0.05, 0) is 41.0 Å². The Morgan fingerprint density at radius 3 is 2.95 bits per heavy atom. The van der Waals surface area contributed by atoms with Crippen LogP contribution in [-0.4, -0.2) is 11.5 Å². The Morgan fingerprint density at radius 1 is 1.35 bits per heavy atom. The summed E-state index contributed by atoms with van der Waals surface area (Å²) in [5.41, 5.74) is 1.03. The van der Waals surface area contributed by atoms with Crippen molar-refractivity contribution in [1.82, 2.24) is 10.3 Å². The van der Waals surface area contributed by atoms with Crippen LogP contribution < -0.4 is 10.1 Å². The lowest BCUT2D eigenvalue weighted by Crippen LogP contribution is -2.14. The number of nitrogens with zero attached hydrogens (tertiary/aromatic N) is 1. The van der Waals surface area contributed by atoms with Crippen molar-refractivity contribution in [3.63, 3.8) is 0 Å². The van der Waals surface area contributed by atoms with Crippen LogP contribution in [0, 0.1) is 0 Å². The van der Waals surface area contributed by atoms with Crippen LogP contribution in [0.2, 0.25) is 5.02 Å².